The van der Waals surface area contributed by atoms with Gasteiger partial charge in [-0.3, -0.25) is 14.5 Å². The van der Waals surface area contributed by atoms with Crippen LogP contribution in [0, 0.1) is 0 Å². The lowest BCUT2D eigenvalue weighted by Crippen LogP contribution is -2.70. The largest absolute Gasteiger partial charge is 0.499 e. The Morgan fingerprint density at radius 2 is 1.69 bits per heavy atom. The van der Waals surface area contributed by atoms with Crippen LogP contribution in [0.3, 0.4) is 0 Å². The summed E-state index contributed by atoms with van der Waals surface area (Å²) in [5, 5.41) is 1.18. The molecule has 7 nitrogen and oxygen atoms in total. The number of nitrogens with zero attached hydrogens (tertiary/aromatic N) is 1. The molecule has 0 radical (unpaired) electrons. The van der Waals surface area contributed by atoms with E-state index in [4.69, 9.17) is 5.53 Å². The highest BCUT2D eigenvalue weighted by molar-refractivity contribution is 7.33. The van der Waals surface area contributed by atoms with E-state index in [2.05, 4.69) is 9.05 Å². The van der Waals surface area contributed by atoms with Crippen LogP contribution in [0.25, 0.3) is 5.53 Å². The van der Waals surface area contributed by atoms with Gasteiger partial charge < -0.3 is 14.6 Å². The zero-order chi connectivity index (χ0) is 10.9. The van der Waals surface area contributed by atoms with E-state index in [0.717, 1.165) is 6.92 Å². The van der Waals surface area contributed by atoms with E-state index in [1.807, 2.05) is 0 Å². The van der Waals surface area contributed by atoms with E-state index < -0.39 is 19.9 Å². The molecule has 0 heterocycles. The summed E-state index contributed by atoms with van der Waals surface area (Å²) in [5.41, 5.74) is 7.68. The van der Waals surface area contributed by atoms with Gasteiger partial charge in [-0.1, -0.05) is 0 Å². The number of amides is 1. The second-order valence-corrected chi connectivity index (χ2v) is 2.97. The minimum Gasteiger partial charge on any atom is -0.499 e. The van der Waals surface area contributed by atoms with Crippen LogP contribution in [0.15, 0.2) is 0 Å². The third kappa shape index (κ3) is 11.1. The molecule has 1 amide bonds. The number of carbonyl (C=O) groups is 2. The van der Waals surface area contributed by atoms with E-state index in [1.54, 1.807) is 0 Å². The molecule has 0 saturated heterocycles. The Bertz CT molecular complexity index is 211. The monoisotopic (exact) mass is 210 g/mol. The van der Waals surface area contributed by atoms with Crippen LogP contribution in [0.1, 0.15) is 6.92 Å². The van der Waals surface area contributed by atoms with Gasteiger partial charge in [0.25, 0.3) is 5.78 Å². The molecule has 0 spiro atoms. The van der Waals surface area contributed by atoms with E-state index >= 15 is 0 Å². The van der Waals surface area contributed by atoms with Gasteiger partial charge in [0.05, 0.1) is 0 Å². The maximum atomic E-state index is 9.92. The molecule has 0 fully saturated rings. The molecule has 13 heavy (non-hydrogen) atoms. The number of rotatable bonds is 3. The van der Waals surface area contributed by atoms with Gasteiger partial charge in [-0.05, 0) is 0 Å². The Kier molecular flexibility index (Phi) is 10.3. The zero-order valence-corrected chi connectivity index (χ0v) is 8.49. The molecule has 0 aliphatic carbocycles. The molecule has 0 atom stereocenters. The molecule has 0 bridgehead atoms. The molecule has 0 aliphatic heterocycles. The predicted octanol–water partition coefficient (Wildman–Crippen LogP) is -1.13. The molecule has 0 saturated carbocycles. The molecule has 0 aromatic rings. The molecule has 0 rings (SSSR count). The fraction of sp³-hybridized carbons (Fsp3) is 0.600. The maximum Gasteiger partial charge on any atom is 0.442 e. The van der Waals surface area contributed by atoms with Gasteiger partial charge in [-0.25, -0.2) is 4.79 Å². The highest BCUT2D eigenvalue weighted by atomic mass is 31.1. The lowest BCUT2D eigenvalue weighted by atomic mass is 10.4. The van der Waals surface area contributed by atoms with Gasteiger partial charge in [-0.2, -0.15) is 0 Å². The summed E-state index contributed by atoms with van der Waals surface area (Å²) in [7, 11) is 0.558. The Labute approximate surface area is 75.9 Å². The quantitative estimate of drug-likeness (QED) is 0.360. The van der Waals surface area contributed by atoms with Crippen LogP contribution in [-0.2, 0) is 23.2 Å². The van der Waals surface area contributed by atoms with Crippen molar-refractivity contribution in [2.75, 3.05) is 14.2 Å². The average Bonchev–Trinajstić information content (AvgIpc) is 2.16. The summed E-state index contributed by atoms with van der Waals surface area (Å²) in [6.07, 6.45) is 0. The number of hydrogen-bond acceptors (Lipinski definition) is 5. The van der Waals surface area contributed by atoms with Gasteiger partial charge in [0.1, 0.15) is 0 Å². The van der Waals surface area contributed by atoms with Crippen LogP contribution in [0.4, 0.5) is 0 Å². The Morgan fingerprint density at radius 3 is 1.69 bits per heavy atom. The highest BCUT2D eigenvalue weighted by Gasteiger charge is 2.06. The second kappa shape index (κ2) is 9.18. The van der Waals surface area contributed by atoms with Crippen LogP contribution in [-0.4, -0.2) is 25.9 Å². The van der Waals surface area contributed by atoms with Gasteiger partial charge in [0.2, 0.25) is 0 Å². The molecule has 0 aromatic heterocycles. The molecule has 0 aliphatic rings. The fourth-order valence-corrected chi connectivity index (χ4v) is 0.329. The minimum absolute atomic E-state index is 0.706. The van der Waals surface area contributed by atoms with Crippen LogP contribution < -0.4 is 5.11 Å². The second-order valence-electron chi connectivity index (χ2n) is 1.66. The predicted molar refractivity (Wildman–Crippen MR) is 43.0 cm³/mol. The first-order valence-electron chi connectivity index (χ1n) is 3.06. The van der Waals surface area contributed by atoms with Crippen molar-refractivity contribution in [1.29, 1.82) is 0 Å². The first-order chi connectivity index (χ1) is 5.99. The van der Waals surface area contributed by atoms with Crippen LogP contribution in [0.2, 0.25) is 0 Å². The van der Waals surface area contributed by atoms with Crippen molar-refractivity contribution < 1.29 is 28.3 Å². The lowest BCUT2D eigenvalue weighted by molar-refractivity contribution is -0.392. The number of ketones is 1. The molecule has 76 valence electrons. The normalized spacial score (nSPS) is 8.62. The van der Waals surface area contributed by atoms with E-state index in [9.17, 15) is 14.2 Å². The van der Waals surface area contributed by atoms with Crippen molar-refractivity contribution in [2.24, 2.45) is 0 Å². The number of hydrogen-bond donors (Lipinski definition) is 1. The van der Waals surface area contributed by atoms with Crippen molar-refractivity contribution in [3.63, 3.8) is 0 Å². The molecule has 0 aromatic carbocycles. The van der Waals surface area contributed by atoms with Crippen molar-refractivity contribution in [3.8, 4) is 0 Å². The summed E-state index contributed by atoms with van der Waals surface area (Å²) >= 11 is 0. The van der Waals surface area contributed by atoms with Crippen molar-refractivity contribution in [2.45, 2.75) is 6.92 Å². The number of Topliss-reactive ketones (excluding diaryl/α,β-unsaturated/α-hetero) is 1. The summed E-state index contributed by atoms with van der Waals surface area (Å²) < 4.78 is 18.4. The summed E-state index contributed by atoms with van der Waals surface area (Å²) in [6.45, 7) is 1.06. The standard InChI is InChI=1S/C3H4N2O2.C2H7O3P/c1-2(6)3(7)5-4;1-4-6(3)5-2/h5H,1H3;6H,1-2H3. The third-order valence-electron chi connectivity index (χ3n) is 0.755. The van der Waals surface area contributed by atoms with Gasteiger partial charge in [0, 0.05) is 21.1 Å². The first kappa shape index (κ1) is 14.6. The minimum atomic E-state index is -2.12. The van der Waals surface area contributed by atoms with Gasteiger partial charge in [0.15, 0.2) is 0 Å². The Hall–Kier alpha value is -0.910. The molecule has 1 N–H and O–H groups in total. The van der Waals surface area contributed by atoms with Gasteiger partial charge in [-0.15, -0.1) is 0 Å². The topological polar surface area (TPSA) is 106 Å². The highest BCUT2D eigenvalue weighted by Crippen LogP contribution is 2.18. The molecule has 8 heteroatoms. The van der Waals surface area contributed by atoms with Gasteiger partial charge >= 0.3 is 14.2 Å². The SMILES string of the molecule is CC(=O)C(=O)[NH+]=[N-].CO[PH](=O)OC. The lowest BCUT2D eigenvalue weighted by Gasteiger charge is -1.89. The van der Waals surface area contributed by atoms with E-state index in [1.165, 1.54) is 19.3 Å². The molecular formula is C5H11N2O5P. The van der Waals surface area contributed by atoms with Crippen LogP contribution >= 0.6 is 8.25 Å². The van der Waals surface area contributed by atoms with Crippen LogP contribution in [0.5, 0.6) is 0 Å². The summed E-state index contributed by atoms with van der Waals surface area (Å²) in [4.78, 5) is 19.6. The van der Waals surface area contributed by atoms with E-state index in [-0.39, 0.29) is 0 Å². The fourth-order valence-electron chi connectivity index (χ4n) is 0.162. The number of carbonyl (C=O) groups excluding carboxylic acids is 2. The van der Waals surface area contributed by atoms with E-state index in [0.29, 0.717) is 0 Å². The number of nitrogens with one attached hydrogen (secondary N) is 1. The maximum absolute atomic E-state index is 9.92. The molecule has 0 unspecified atom stereocenters. The average molecular weight is 210 g/mol. The van der Waals surface area contributed by atoms with Crippen molar-refractivity contribution in [1.82, 2.24) is 0 Å². The molecular weight excluding hydrogens is 199 g/mol. The Morgan fingerprint density at radius 1 is 1.31 bits per heavy atom. The smallest absolute Gasteiger partial charge is 0.442 e. The zero-order valence-electron chi connectivity index (χ0n) is 7.49. The summed E-state index contributed by atoms with van der Waals surface area (Å²) in [6, 6.07) is 0. The van der Waals surface area contributed by atoms with Crippen molar-refractivity contribution in [3.05, 3.63) is 5.53 Å². The summed E-state index contributed by atoms with van der Waals surface area (Å²) in [5.74, 6) is -1.69. The first-order valence-corrected chi connectivity index (χ1v) is 4.29. The van der Waals surface area contributed by atoms with Crippen molar-refractivity contribution >= 4 is 19.9 Å². The Balaban J connectivity index is 0. The third-order valence-corrected chi connectivity index (χ3v) is 1.42.